The van der Waals surface area contributed by atoms with Gasteiger partial charge in [-0.15, -0.1) is 0 Å². The van der Waals surface area contributed by atoms with Gasteiger partial charge in [0.15, 0.2) is 11.6 Å². The summed E-state index contributed by atoms with van der Waals surface area (Å²) in [5.41, 5.74) is -0.937. The van der Waals surface area contributed by atoms with Crippen LogP contribution >= 0.6 is 0 Å². The number of hydrogen-bond acceptors (Lipinski definition) is 3. The zero-order valence-electron chi connectivity index (χ0n) is 7.30. The normalized spacial score (nSPS) is 10.7. The van der Waals surface area contributed by atoms with E-state index < -0.39 is 30.2 Å². The molecule has 0 unspecified atom stereocenters. The van der Waals surface area contributed by atoms with Crippen molar-refractivity contribution >= 4 is 0 Å². The minimum Gasteiger partial charge on any atom is -0.493 e. The predicted octanol–water partition coefficient (Wildman–Crippen LogP) is 1.66. The smallest absolute Gasteiger partial charge is 0.269 e. The molecule has 1 aromatic rings. The highest BCUT2D eigenvalue weighted by atomic mass is 19.3. The van der Waals surface area contributed by atoms with Crippen LogP contribution in [0.4, 0.5) is 13.2 Å². The van der Waals surface area contributed by atoms with Crippen LogP contribution in [0.1, 0.15) is 17.7 Å². The standard InChI is InChI=1S/C8H8F3NO2/c1-14-7-4(8(10)11)2-12-5(3-13)6(7)9/h2,8,13H,3H2,1H3. The topological polar surface area (TPSA) is 42.4 Å². The SMILES string of the molecule is COc1c(C(F)F)cnc(CO)c1F. The van der Waals surface area contributed by atoms with Gasteiger partial charge >= 0.3 is 0 Å². The summed E-state index contributed by atoms with van der Waals surface area (Å²) in [6.07, 6.45) is -2.07. The molecule has 0 amide bonds. The number of hydrogen-bond donors (Lipinski definition) is 1. The fourth-order valence-corrected chi connectivity index (χ4v) is 0.994. The Morgan fingerprint density at radius 3 is 2.64 bits per heavy atom. The lowest BCUT2D eigenvalue weighted by Crippen LogP contribution is -2.03. The summed E-state index contributed by atoms with van der Waals surface area (Å²) in [7, 11) is 1.07. The van der Waals surface area contributed by atoms with Gasteiger partial charge in [-0.05, 0) is 0 Å². The Balaban J connectivity index is 3.28. The van der Waals surface area contributed by atoms with Gasteiger partial charge in [0.2, 0.25) is 0 Å². The highest BCUT2D eigenvalue weighted by Crippen LogP contribution is 2.31. The molecule has 78 valence electrons. The maximum absolute atomic E-state index is 13.2. The van der Waals surface area contributed by atoms with E-state index in [4.69, 9.17) is 5.11 Å². The van der Waals surface area contributed by atoms with Crippen LogP contribution in [0.3, 0.4) is 0 Å². The first-order valence-corrected chi connectivity index (χ1v) is 3.72. The molecule has 1 rings (SSSR count). The van der Waals surface area contributed by atoms with Crippen molar-refractivity contribution in [1.82, 2.24) is 4.98 Å². The lowest BCUT2D eigenvalue weighted by molar-refractivity contribution is 0.145. The third-order valence-corrected chi connectivity index (χ3v) is 1.66. The molecular weight excluding hydrogens is 199 g/mol. The van der Waals surface area contributed by atoms with Crippen molar-refractivity contribution in [2.45, 2.75) is 13.0 Å². The number of alkyl halides is 2. The number of aliphatic hydroxyl groups excluding tert-OH is 1. The molecule has 0 aliphatic carbocycles. The molecule has 1 heterocycles. The van der Waals surface area contributed by atoms with Crippen LogP contribution in [0.2, 0.25) is 0 Å². The van der Waals surface area contributed by atoms with E-state index in [1.54, 1.807) is 0 Å². The van der Waals surface area contributed by atoms with E-state index in [2.05, 4.69) is 9.72 Å². The average Bonchev–Trinajstić information content (AvgIpc) is 2.17. The number of rotatable bonds is 3. The van der Waals surface area contributed by atoms with Crippen LogP contribution in [0.25, 0.3) is 0 Å². The van der Waals surface area contributed by atoms with Gasteiger partial charge in [0, 0.05) is 6.20 Å². The number of pyridine rings is 1. The van der Waals surface area contributed by atoms with Gasteiger partial charge in [0.1, 0.15) is 5.69 Å². The van der Waals surface area contributed by atoms with Crippen LogP contribution in [0, 0.1) is 5.82 Å². The first kappa shape index (κ1) is 10.8. The second kappa shape index (κ2) is 4.28. The van der Waals surface area contributed by atoms with Crippen LogP contribution in [0.5, 0.6) is 5.75 Å². The van der Waals surface area contributed by atoms with E-state index in [0.717, 1.165) is 13.3 Å². The van der Waals surface area contributed by atoms with E-state index in [-0.39, 0.29) is 5.69 Å². The molecule has 14 heavy (non-hydrogen) atoms. The summed E-state index contributed by atoms with van der Waals surface area (Å²) in [5, 5.41) is 8.62. The lowest BCUT2D eigenvalue weighted by atomic mass is 10.2. The fourth-order valence-electron chi connectivity index (χ4n) is 0.994. The van der Waals surface area contributed by atoms with Gasteiger partial charge in [-0.25, -0.2) is 13.2 Å². The first-order chi connectivity index (χ1) is 6.61. The second-order valence-corrected chi connectivity index (χ2v) is 2.47. The molecule has 0 spiro atoms. The molecule has 0 saturated heterocycles. The molecular formula is C8H8F3NO2. The van der Waals surface area contributed by atoms with Crippen molar-refractivity contribution in [3.05, 3.63) is 23.3 Å². The number of halogens is 3. The second-order valence-electron chi connectivity index (χ2n) is 2.47. The zero-order chi connectivity index (χ0) is 10.7. The van der Waals surface area contributed by atoms with Gasteiger partial charge in [-0.2, -0.15) is 0 Å². The molecule has 0 atom stereocenters. The van der Waals surface area contributed by atoms with Gasteiger partial charge in [0.05, 0.1) is 19.3 Å². The number of methoxy groups -OCH3 is 1. The first-order valence-electron chi connectivity index (χ1n) is 3.72. The Morgan fingerprint density at radius 1 is 1.57 bits per heavy atom. The van der Waals surface area contributed by atoms with Crippen molar-refractivity contribution < 1.29 is 23.0 Å². The molecule has 1 N–H and O–H groups in total. The van der Waals surface area contributed by atoms with Gasteiger partial charge in [-0.3, -0.25) is 4.98 Å². The monoisotopic (exact) mass is 207 g/mol. The third kappa shape index (κ3) is 1.79. The van der Waals surface area contributed by atoms with Crippen molar-refractivity contribution in [1.29, 1.82) is 0 Å². The van der Waals surface area contributed by atoms with Crippen molar-refractivity contribution in [2.24, 2.45) is 0 Å². The minimum atomic E-state index is -2.86. The molecule has 0 radical (unpaired) electrons. The maximum atomic E-state index is 13.2. The Bertz CT molecular complexity index is 331. The van der Waals surface area contributed by atoms with Crippen molar-refractivity contribution in [3.63, 3.8) is 0 Å². The van der Waals surface area contributed by atoms with Crippen LogP contribution in [0.15, 0.2) is 6.20 Å². The van der Waals surface area contributed by atoms with Gasteiger partial charge < -0.3 is 9.84 Å². The number of aromatic nitrogens is 1. The minimum absolute atomic E-state index is 0.314. The number of ether oxygens (including phenoxy) is 1. The lowest BCUT2D eigenvalue weighted by Gasteiger charge is -2.09. The van der Waals surface area contributed by atoms with Crippen LogP contribution in [-0.4, -0.2) is 17.2 Å². The maximum Gasteiger partial charge on any atom is 0.269 e. The molecule has 6 heteroatoms. The molecule has 0 aromatic carbocycles. The molecule has 0 aliphatic rings. The van der Waals surface area contributed by atoms with Crippen molar-refractivity contribution in [3.8, 4) is 5.75 Å². The van der Waals surface area contributed by atoms with E-state index in [0.29, 0.717) is 0 Å². The summed E-state index contributed by atoms with van der Waals surface area (Å²) >= 11 is 0. The van der Waals surface area contributed by atoms with Crippen molar-refractivity contribution in [2.75, 3.05) is 7.11 Å². The molecule has 3 nitrogen and oxygen atoms in total. The summed E-state index contributed by atoms with van der Waals surface area (Å²) in [5.74, 6) is -1.62. The Kier molecular flexibility index (Phi) is 3.29. The Hall–Kier alpha value is -1.30. The summed E-state index contributed by atoms with van der Waals surface area (Å²) < 4.78 is 42.2. The van der Waals surface area contributed by atoms with E-state index in [9.17, 15) is 13.2 Å². The number of nitrogens with zero attached hydrogens (tertiary/aromatic N) is 1. The highest BCUT2D eigenvalue weighted by Gasteiger charge is 2.20. The Morgan fingerprint density at radius 2 is 2.21 bits per heavy atom. The molecule has 0 saturated carbocycles. The van der Waals surface area contributed by atoms with E-state index in [1.807, 2.05) is 0 Å². The summed E-state index contributed by atoms with van der Waals surface area (Å²) in [4.78, 5) is 3.34. The molecule has 0 aliphatic heterocycles. The van der Waals surface area contributed by atoms with Gasteiger partial charge in [-0.1, -0.05) is 0 Å². The predicted molar refractivity (Wildman–Crippen MR) is 41.6 cm³/mol. The largest absolute Gasteiger partial charge is 0.493 e. The number of aliphatic hydroxyl groups is 1. The Labute approximate surface area is 78.2 Å². The summed E-state index contributed by atoms with van der Waals surface area (Å²) in [6, 6.07) is 0. The van der Waals surface area contributed by atoms with Crippen LogP contribution in [-0.2, 0) is 6.61 Å². The molecule has 0 fully saturated rings. The van der Waals surface area contributed by atoms with E-state index in [1.165, 1.54) is 0 Å². The van der Waals surface area contributed by atoms with Crippen LogP contribution < -0.4 is 4.74 Å². The third-order valence-electron chi connectivity index (χ3n) is 1.66. The highest BCUT2D eigenvalue weighted by molar-refractivity contribution is 5.35. The zero-order valence-corrected chi connectivity index (χ0v) is 7.30. The average molecular weight is 207 g/mol. The molecule has 1 aromatic heterocycles. The van der Waals surface area contributed by atoms with Gasteiger partial charge in [0.25, 0.3) is 6.43 Å². The summed E-state index contributed by atoms with van der Waals surface area (Å²) in [6.45, 7) is -0.661. The fraction of sp³-hybridized carbons (Fsp3) is 0.375. The van der Waals surface area contributed by atoms with E-state index >= 15 is 0 Å². The quantitative estimate of drug-likeness (QED) is 0.819. The molecule has 0 bridgehead atoms.